The second-order valence-corrected chi connectivity index (χ2v) is 5.95. The minimum Gasteiger partial charge on any atom is -0.497 e. The van der Waals surface area contributed by atoms with Crippen molar-refractivity contribution < 1.29 is 13.9 Å². The molecule has 4 rings (SSSR count). The zero-order chi connectivity index (χ0) is 17.2. The molecule has 0 amide bonds. The SMILES string of the molecule is COc1ccc(N2CCO[C@@H]2c2ccn(-c3cccc(F)c3)c2)cc1. The van der Waals surface area contributed by atoms with Gasteiger partial charge >= 0.3 is 0 Å². The minimum absolute atomic E-state index is 0.150. The lowest BCUT2D eigenvalue weighted by Crippen LogP contribution is -2.22. The van der Waals surface area contributed by atoms with Crippen molar-refractivity contribution in [1.29, 1.82) is 0 Å². The molecule has 0 saturated carbocycles. The molecule has 1 aromatic heterocycles. The van der Waals surface area contributed by atoms with Crippen molar-refractivity contribution in [3.63, 3.8) is 0 Å². The van der Waals surface area contributed by atoms with Crippen LogP contribution in [0.2, 0.25) is 0 Å². The van der Waals surface area contributed by atoms with Crippen LogP contribution < -0.4 is 9.64 Å². The molecule has 0 spiro atoms. The topological polar surface area (TPSA) is 26.6 Å². The number of halogens is 1. The van der Waals surface area contributed by atoms with Crippen molar-refractivity contribution in [3.8, 4) is 11.4 Å². The maximum atomic E-state index is 13.4. The van der Waals surface area contributed by atoms with Crippen LogP contribution in [-0.4, -0.2) is 24.8 Å². The van der Waals surface area contributed by atoms with E-state index in [4.69, 9.17) is 9.47 Å². The molecule has 2 heterocycles. The van der Waals surface area contributed by atoms with Gasteiger partial charge in [-0.25, -0.2) is 4.39 Å². The van der Waals surface area contributed by atoms with Gasteiger partial charge in [-0.15, -0.1) is 0 Å². The average molecular weight is 338 g/mol. The van der Waals surface area contributed by atoms with Crippen molar-refractivity contribution in [2.75, 3.05) is 25.2 Å². The van der Waals surface area contributed by atoms with E-state index >= 15 is 0 Å². The van der Waals surface area contributed by atoms with Crippen LogP contribution in [0.4, 0.5) is 10.1 Å². The van der Waals surface area contributed by atoms with E-state index in [0.717, 1.165) is 29.2 Å². The lowest BCUT2D eigenvalue weighted by atomic mass is 10.2. The van der Waals surface area contributed by atoms with E-state index in [9.17, 15) is 4.39 Å². The highest BCUT2D eigenvalue weighted by atomic mass is 19.1. The van der Waals surface area contributed by atoms with Crippen LogP contribution in [0.3, 0.4) is 0 Å². The van der Waals surface area contributed by atoms with Gasteiger partial charge in [0.1, 0.15) is 11.6 Å². The Hall–Kier alpha value is -2.79. The summed E-state index contributed by atoms with van der Waals surface area (Å²) in [7, 11) is 1.66. The number of ether oxygens (including phenoxy) is 2. The fraction of sp³-hybridized carbons (Fsp3) is 0.200. The number of hydrogen-bond acceptors (Lipinski definition) is 3. The number of aromatic nitrogens is 1. The van der Waals surface area contributed by atoms with Gasteiger partial charge in [0, 0.05) is 35.9 Å². The third-order valence-electron chi connectivity index (χ3n) is 4.40. The monoisotopic (exact) mass is 338 g/mol. The van der Waals surface area contributed by atoms with Crippen molar-refractivity contribution in [2.24, 2.45) is 0 Å². The Morgan fingerprint density at radius 3 is 2.68 bits per heavy atom. The smallest absolute Gasteiger partial charge is 0.158 e. The molecule has 0 N–H and O–H groups in total. The van der Waals surface area contributed by atoms with E-state index in [2.05, 4.69) is 4.90 Å². The molecule has 1 aliphatic heterocycles. The van der Waals surface area contributed by atoms with Gasteiger partial charge in [-0.1, -0.05) is 6.07 Å². The standard InChI is InChI=1S/C20H19FN2O2/c1-24-19-7-5-17(6-8-19)23-11-12-25-20(23)15-9-10-22(14-15)18-4-2-3-16(21)13-18/h2-10,13-14,20H,11-12H2,1H3/t20-/m1/s1. The first-order valence-corrected chi connectivity index (χ1v) is 8.21. The summed E-state index contributed by atoms with van der Waals surface area (Å²) in [5.41, 5.74) is 2.92. The predicted molar refractivity (Wildman–Crippen MR) is 94.8 cm³/mol. The zero-order valence-electron chi connectivity index (χ0n) is 13.9. The number of nitrogens with zero attached hydrogens (tertiary/aromatic N) is 2. The van der Waals surface area contributed by atoms with Crippen LogP contribution in [0.25, 0.3) is 5.69 Å². The van der Waals surface area contributed by atoms with Crippen molar-refractivity contribution in [3.05, 3.63) is 78.4 Å². The first kappa shape index (κ1) is 15.7. The Balaban J connectivity index is 1.60. The highest BCUT2D eigenvalue weighted by molar-refractivity contribution is 5.51. The Kier molecular flexibility index (Phi) is 4.15. The molecule has 4 nitrogen and oxygen atoms in total. The summed E-state index contributed by atoms with van der Waals surface area (Å²) < 4.78 is 26.5. The zero-order valence-corrected chi connectivity index (χ0v) is 13.9. The van der Waals surface area contributed by atoms with Gasteiger partial charge in [-0.2, -0.15) is 0 Å². The van der Waals surface area contributed by atoms with Gasteiger partial charge in [-0.3, -0.25) is 0 Å². The van der Waals surface area contributed by atoms with Gasteiger partial charge in [0.15, 0.2) is 6.23 Å². The lowest BCUT2D eigenvalue weighted by molar-refractivity contribution is 0.114. The Morgan fingerprint density at radius 1 is 1.08 bits per heavy atom. The number of methoxy groups -OCH3 is 1. The maximum absolute atomic E-state index is 13.4. The predicted octanol–water partition coefficient (Wildman–Crippen LogP) is 4.16. The third-order valence-corrected chi connectivity index (χ3v) is 4.40. The van der Waals surface area contributed by atoms with Crippen molar-refractivity contribution in [1.82, 2.24) is 4.57 Å². The minimum atomic E-state index is -0.246. The normalized spacial score (nSPS) is 17.0. The first-order chi connectivity index (χ1) is 12.2. The molecular formula is C20H19FN2O2. The molecule has 5 heteroatoms. The van der Waals surface area contributed by atoms with E-state index in [1.54, 1.807) is 13.2 Å². The van der Waals surface area contributed by atoms with E-state index in [1.807, 2.05) is 53.4 Å². The molecule has 25 heavy (non-hydrogen) atoms. The molecule has 1 saturated heterocycles. The summed E-state index contributed by atoms with van der Waals surface area (Å²) in [6, 6.07) is 16.5. The van der Waals surface area contributed by atoms with Crippen LogP contribution in [0, 0.1) is 5.82 Å². The summed E-state index contributed by atoms with van der Waals surface area (Å²) in [5.74, 6) is 0.586. The Bertz CT molecular complexity index is 860. The number of anilines is 1. The second kappa shape index (κ2) is 6.61. The second-order valence-electron chi connectivity index (χ2n) is 5.95. The number of hydrogen-bond donors (Lipinski definition) is 0. The van der Waals surface area contributed by atoms with E-state index < -0.39 is 0 Å². The molecule has 2 aromatic carbocycles. The lowest BCUT2D eigenvalue weighted by Gasteiger charge is -2.24. The number of rotatable bonds is 4. The van der Waals surface area contributed by atoms with Crippen molar-refractivity contribution >= 4 is 5.69 Å². The summed E-state index contributed by atoms with van der Waals surface area (Å²) in [6.07, 6.45) is 3.77. The molecule has 0 aliphatic carbocycles. The highest BCUT2D eigenvalue weighted by Crippen LogP contribution is 2.33. The summed E-state index contributed by atoms with van der Waals surface area (Å²) >= 11 is 0. The van der Waals surface area contributed by atoms with E-state index in [1.165, 1.54) is 12.1 Å². The average Bonchev–Trinajstić information content (AvgIpc) is 3.31. The molecule has 1 fully saturated rings. The highest BCUT2D eigenvalue weighted by Gasteiger charge is 2.28. The summed E-state index contributed by atoms with van der Waals surface area (Å²) in [4.78, 5) is 2.21. The third kappa shape index (κ3) is 3.10. The molecule has 128 valence electrons. The maximum Gasteiger partial charge on any atom is 0.158 e. The van der Waals surface area contributed by atoms with Gasteiger partial charge < -0.3 is 18.9 Å². The number of benzene rings is 2. The Morgan fingerprint density at radius 2 is 1.92 bits per heavy atom. The van der Waals surface area contributed by atoms with Gasteiger partial charge in [0.2, 0.25) is 0 Å². The summed E-state index contributed by atoms with van der Waals surface area (Å²) in [5, 5.41) is 0. The van der Waals surface area contributed by atoms with Gasteiger partial charge in [0.25, 0.3) is 0 Å². The van der Waals surface area contributed by atoms with Crippen LogP contribution >= 0.6 is 0 Å². The fourth-order valence-electron chi connectivity index (χ4n) is 3.14. The molecule has 3 aromatic rings. The fourth-order valence-corrected chi connectivity index (χ4v) is 3.14. The largest absolute Gasteiger partial charge is 0.497 e. The summed E-state index contributed by atoms with van der Waals surface area (Å²) in [6.45, 7) is 1.49. The van der Waals surface area contributed by atoms with E-state index in [0.29, 0.717) is 6.61 Å². The van der Waals surface area contributed by atoms with Crippen LogP contribution in [0.15, 0.2) is 67.0 Å². The van der Waals surface area contributed by atoms with Crippen LogP contribution in [0.5, 0.6) is 5.75 Å². The first-order valence-electron chi connectivity index (χ1n) is 8.21. The molecule has 0 unspecified atom stereocenters. The molecular weight excluding hydrogens is 319 g/mol. The van der Waals surface area contributed by atoms with Gasteiger partial charge in [0.05, 0.1) is 13.7 Å². The Labute approximate surface area is 146 Å². The van der Waals surface area contributed by atoms with Gasteiger partial charge in [-0.05, 0) is 48.5 Å². The quantitative estimate of drug-likeness (QED) is 0.715. The van der Waals surface area contributed by atoms with Crippen LogP contribution in [-0.2, 0) is 4.74 Å². The van der Waals surface area contributed by atoms with Crippen LogP contribution in [0.1, 0.15) is 11.8 Å². The van der Waals surface area contributed by atoms with E-state index in [-0.39, 0.29) is 12.0 Å². The molecule has 1 atom stereocenters. The molecule has 0 radical (unpaired) electrons. The molecule has 1 aliphatic rings. The molecule has 0 bridgehead atoms. The van der Waals surface area contributed by atoms with Crippen molar-refractivity contribution in [2.45, 2.75) is 6.23 Å².